The van der Waals surface area contributed by atoms with Crippen molar-refractivity contribution in [3.8, 4) is 0 Å². The van der Waals surface area contributed by atoms with Gasteiger partial charge in [-0.15, -0.1) is 0 Å². The van der Waals surface area contributed by atoms with Crippen molar-refractivity contribution in [3.05, 3.63) is 35.9 Å². The maximum Gasteiger partial charge on any atom is 0.323 e. The van der Waals surface area contributed by atoms with Gasteiger partial charge in [-0.25, -0.2) is 0 Å². The number of aliphatic carboxylic acids is 1. The number of carboxylic acids is 1. The van der Waals surface area contributed by atoms with Crippen LogP contribution in [-0.2, 0) is 14.3 Å². The molecule has 1 atom stereocenters. The molecule has 18 heavy (non-hydrogen) atoms. The molecule has 98 valence electrons. The molecular weight excluding hydrogens is 234 g/mol. The highest BCUT2D eigenvalue weighted by Crippen LogP contribution is 2.18. The van der Waals surface area contributed by atoms with Crippen LogP contribution in [0.3, 0.4) is 0 Å². The number of carbonyl (C=O) groups is 2. The molecule has 1 amide bonds. The molecule has 1 aromatic carbocycles. The molecule has 1 rings (SSSR count). The van der Waals surface area contributed by atoms with Crippen LogP contribution in [0.15, 0.2) is 30.3 Å². The summed E-state index contributed by atoms with van der Waals surface area (Å²) in [4.78, 5) is 24.1. The Hall–Kier alpha value is -1.88. The molecule has 5 nitrogen and oxygen atoms in total. The average Bonchev–Trinajstić information content (AvgIpc) is 2.37. The zero-order valence-corrected chi connectivity index (χ0v) is 10.5. The molecule has 0 aliphatic rings. The zero-order valence-electron chi connectivity index (χ0n) is 10.5. The van der Waals surface area contributed by atoms with Gasteiger partial charge in [0.2, 0.25) is 0 Å². The monoisotopic (exact) mass is 251 g/mol. The van der Waals surface area contributed by atoms with Crippen LogP contribution in [0, 0.1) is 0 Å². The molecule has 0 aliphatic carbocycles. The Bertz CT molecular complexity index is 405. The number of likely N-dealkylation sites (N-methyl/N-ethyl adjacent to an activating group) is 1. The highest BCUT2D eigenvalue weighted by atomic mass is 16.5. The van der Waals surface area contributed by atoms with E-state index in [9.17, 15) is 9.59 Å². The molecule has 5 heteroatoms. The van der Waals surface area contributed by atoms with E-state index in [4.69, 9.17) is 9.84 Å². The molecular formula is C13H17NO4. The number of amides is 1. The van der Waals surface area contributed by atoms with Crippen molar-refractivity contribution in [3.63, 3.8) is 0 Å². The van der Waals surface area contributed by atoms with Crippen LogP contribution in [0.2, 0.25) is 0 Å². The molecule has 0 aromatic heterocycles. The van der Waals surface area contributed by atoms with Crippen molar-refractivity contribution in [2.24, 2.45) is 0 Å². The number of carboxylic acid groups (broad SMARTS) is 1. The Kier molecular flexibility index (Phi) is 5.32. The van der Waals surface area contributed by atoms with Gasteiger partial charge in [0, 0.05) is 13.7 Å². The average molecular weight is 251 g/mol. The van der Waals surface area contributed by atoms with Crippen LogP contribution >= 0.6 is 0 Å². The van der Waals surface area contributed by atoms with Crippen molar-refractivity contribution in [2.45, 2.75) is 13.0 Å². The van der Waals surface area contributed by atoms with Gasteiger partial charge < -0.3 is 14.7 Å². The van der Waals surface area contributed by atoms with Gasteiger partial charge in [0.05, 0.1) is 0 Å². The second-order valence-electron chi connectivity index (χ2n) is 3.77. The molecule has 0 spiro atoms. The van der Waals surface area contributed by atoms with E-state index in [-0.39, 0.29) is 12.5 Å². The van der Waals surface area contributed by atoms with Gasteiger partial charge in [0.15, 0.2) is 6.10 Å². The van der Waals surface area contributed by atoms with E-state index >= 15 is 0 Å². The highest BCUT2D eigenvalue weighted by Gasteiger charge is 2.25. The van der Waals surface area contributed by atoms with Crippen LogP contribution in [0.4, 0.5) is 0 Å². The molecule has 0 saturated heterocycles. The summed E-state index contributed by atoms with van der Waals surface area (Å²) in [6.45, 7) is 1.75. The number of hydrogen-bond acceptors (Lipinski definition) is 3. The van der Waals surface area contributed by atoms with E-state index in [1.807, 2.05) is 18.2 Å². The molecule has 0 heterocycles. The Labute approximate surface area is 106 Å². The lowest BCUT2D eigenvalue weighted by Crippen LogP contribution is -2.39. The Morgan fingerprint density at radius 2 is 1.94 bits per heavy atom. The van der Waals surface area contributed by atoms with Crippen molar-refractivity contribution >= 4 is 11.9 Å². The predicted molar refractivity (Wildman–Crippen MR) is 66.1 cm³/mol. The van der Waals surface area contributed by atoms with Gasteiger partial charge in [0.1, 0.15) is 6.54 Å². The first kappa shape index (κ1) is 14.2. The lowest BCUT2D eigenvalue weighted by Gasteiger charge is -2.24. The molecule has 1 unspecified atom stereocenters. The third-order valence-corrected chi connectivity index (χ3v) is 2.58. The fourth-order valence-corrected chi connectivity index (χ4v) is 1.68. The fraction of sp³-hybridized carbons (Fsp3) is 0.385. The minimum absolute atomic E-state index is 0.317. The van der Waals surface area contributed by atoms with Crippen LogP contribution in [-0.4, -0.2) is 42.1 Å². The van der Waals surface area contributed by atoms with Gasteiger partial charge in [-0.1, -0.05) is 30.3 Å². The first-order valence-electron chi connectivity index (χ1n) is 5.68. The van der Waals surface area contributed by atoms with E-state index in [1.54, 1.807) is 19.1 Å². The summed E-state index contributed by atoms with van der Waals surface area (Å²) in [5.74, 6) is -1.37. The summed E-state index contributed by atoms with van der Waals surface area (Å²) in [7, 11) is 1.43. The number of rotatable bonds is 6. The maximum absolute atomic E-state index is 12.2. The molecule has 0 saturated carbocycles. The summed E-state index contributed by atoms with van der Waals surface area (Å²) >= 11 is 0. The number of carbonyl (C=O) groups excluding carboxylic acids is 1. The van der Waals surface area contributed by atoms with E-state index < -0.39 is 12.1 Å². The van der Waals surface area contributed by atoms with Gasteiger partial charge in [-0.05, 0) is 12.5 Å². The second-order valence-corrected chi connectivity index (χ2v) is 3.77. The summed E-state index contributed by atoms with van der Waals surface area (Å²) < 4.78 is 5.18. The summed E-state index contributed by atoms with van der Waals surface area (Å²) in [6, 6.07) is 9.01. The number of hydrogen-bond donors (Lipinski definition) is 1. The normalized spacial score (nSPS) is 11.9. The molecule has 0 radical (unpaired) electrons. The summed E-state index contributed by atoms with van der Waals surface area (Å²) in [5, 5.41) is 8.75. The number of ether oxygens (including phenoxy) is 1. The summed E-state index contributed by atoms with van der Waals surface area (Å²) in [6.07, 6.45) is -0.759. The molecule has 1 N–H and O–H groups in total. The number of nitrogens with zero attached hydrogens (tertiary/aromatic N) is 1. The van der Waals surface area contributed by atoms with E-state index in [0.29, 0.717) is 12.1 Å². The van der Waals surface area contributed by atoms with Crippen LogP contribution in [0.5, 0.6) is 0 Å². The first-order valence-corrected chi connectivity index (χ1v) is 5.68. The van der Waals surface area contributed by atoms with Crippen molar-refractivity contribution in [2.75, 3.05) is 20.2 Å². The highest BCUT2D eigenvalue weighted by molar-refractivity contribution is 5.85. The minimum atomic E-state index is -1.03. The molecule has 0 fully saturated rings. The smallest absolute Gasteiger partial charge is 0.323 e. The fourth-order valence-electron chi connectivity index (χ4n) is 1.68. The van der Waals surface area contributed by atoms with E-state index in [2.05, 4.69) is 0 Å². The van der Waals surface area contributed by atoms with Gasteiger partial charge >= 0.3 is 5.97 Å². The Morgan fingerprint density at radius 3 is 2.39 bits per heavy atom. The standard InChI is InChI=1S/C13H17NO4/c1-3-14(9-11(15)16)13(17)12(18-2)10-7-5-4-6-8-10/h4-8,12H,3,9H2,1-2H3,(H,15,16). The van der Waals surface area contributed by atoms with Crippen molar-refractivity contribution in [1.82, 2.24) is 4.90 Å². The van der Waals surface area contributed by atoms with E-state index in [0.717, 1.165) is 0 Å². The zero-order chi connectivity index (χ0) is 13.5. The summed E-state index contributed by atoms with van der Waals surface area (Å²) in [5.41, 5.74) is 0.717. The lowest BCUT2D eigenvalue weighted by atomic mass is 10.1. The van der Waals surface area contributed by atoms with Crippen molar-refractivity contribution < 1.29 is 19.4 Å². The van der Waals surface area contributed by atoms with Crippen LogP contribution < -0.4 is 0 Å². The Morgan fingerprint density at radius 1 is 1.33 bits per heavy atom. The molecule has 0 aliphatic heterocycles. The SMILES string of the molecule is CCN(CC(=O)O)C(=O)C(OC)c1ccccc1. The van der Waals surface area contributed by atoms with Gasteiger partial charge in [0.25, 0.3) is 5.91 Å². The third-order valence-electron chi connectivity index (χ3n) is 2.58. The maximum atomic E-state index is 12.2. The van der Waals surface area contributed by atoms with Crippen molar-refractivity contribution in [1.29, 1.82) is 0 Å². The topological polar surface area (TPSA) is 66.8 Å². The second kappa shape index (κ2) is 6.76. The molecule has 1 aromatic rings. The first-order chi connectivity index (χ1) is 8.60. The van der Waals surface area contributed by atoms with Gasteiger partial charge in [-0.2, -0.15) is 0 Å². The predicted octanol–water partition coefficient (Wildman–Crippen LogP) is 1.31. The lowest BCUT2D eigenvalue weighted by molar-refractivity contribution is -0.149. The third kappa shape index (κ3) is 3.56. The van der Waals surface area contributed by atoms with Crippen LogP contribution in [0.25, 0.3) is 0 Å². The van der Waals surface area contributed by atoms with Crippen LogP contribution in [0.1, 0.15) is 18.6 Å². The van der Waals surface area contributed by atoms with Gasteiger partial charge in [-0.3, -0.25) is 9.59 Å². The number of benzene rings is 1. The minimum Gasteiger partial charge on any atom is -0.480 e. The largest absolute Gasteiger partial charge is 0.480 e. The Balaban J connectivity index is 2.87. The number of methoxy groups -OCH3 is 1. The van der Waals surface area contributed by atoms with E-state index in [1.165, 1.54) is 12.0 Å². The quantitative estimate of drug-likeness (QED) is 0.827. The molecule has 0 bridgehead atoms.